The SMILES string of the molecule is O=C1C(=O)N(CCCN2CCOCC2)[C@H](c2ccccc2)/C1=C(\O)c1ccccc1. The summed E-state index contributed by atoms with van der Waals surface area (Å²) in [4.78, 5) is 29.8. The fourth-order valence-corrected chi connectivity index (χ4v) is 4.13. The summed E-state index contributed by atoms with van der Waals surface area (Å²) < 4.78 is 5.38. The standard InChI is InChI=1S/C24H26N2O4/c27-22(19-10-5-2-6-11-19)20-21(18-8-3-1-4-9-18)26(24(29)23(20)28)13-7-12-25-14-16-30-17-15-25/h1-6,8-11,21,27H,7,12-17H2/b22-20+/t21-/m1/s1. The summed E-state index contributed by atoms with van der Waals surface area (Å²) >= 11 is 0. The number of benzene rings is 2. The van der Waals surface area contributed by atoms with Crippen LogP contribution in [-0.4, -0.2) is 66.0 Å². The highest BCUT2D eigenvalue weighted by atomic mass is 16.5. The number of hydrogen-bond acceptors (Lipinski definition) is 5. The van der Waals surface area contributed by atoms with Crippen LogP contribution in [-0.2, 0) is 14.3 Å². The Labute approximate surface area is 176 Å². The average molecular weight is 406 g/mol. The largest absolute Gasteiger partial charge is 0.507 e. The monoisotopic (exact) mass is 406 g/mol. The van der Waals surface area contributed by atoms with Crippen molar-refractivity contribution in [3.8, 4) is 0 Å². The lowest BCUT2D eigenvalue weighted by Gasteiger charge is -2.29. The summed E-state index contributed by atoms with van der Waals surface area (Å²) in [5.74, 6) is -1.31. The molecule has 2 aromatic carbocycles. The minimum Gasteiger partial charge on any atom is -0.507 e. The minimum atomic E-state index is -0.628. The van der Waals surface area contributed by atoms with Gasteiger partial charge in [0.25, 0.3) is 11.7 Å². The number of rotatable bonds is 6. The molecule has 2 saturated heterocycles. The van der Waals surface area contributed by atoms with Crippen molar-refractivity contribution in [2.45, 2.75) is 12.5 Å². The van der Waals surface area contributed by atoms with Crippen molar-refractivity contribution in [3.05, 3.63) is 77.4 Å². The summed E-state index contributed by atoms with van der Waals surface area (Å²) in [7, 11) is 0. The van der Waals surface area contributed by atoms with Gasteiger partial charge in [-0.25, -0.2) is 0 Å². The van der Waals surface area contributed by atoms with Crippen LogP contribution >= 0.6 is 0 Å². The van der Waals surface area contributed by atoms with Crippen LogP contribution in [0, 0.1) is 0 Å². The topological polar surface area (TPSA) is 70.1 Å². The number of aliphatic hydroxyl groups excluding tert-OH is 1. The highest BCUT2D eigenvalue weighted by Gasteiger charge is 2.45. The molecule has 2 heterocycles. The molecule has 6 heteroatoms. The number of hydrogen-bond donors (Lipinski definition) is 1. The van der Waals surface area contributed by atoms with Gasteiger partial charge in [-0.2, -0.15) is 0 Å². The molecule has 2 aromatic rings. The molecule has 156 valence electrons. The summed E-state index contributed by atoms with van der Waals surface area (Å²) in [6.07, 6.45) is 0.752. The third-order valence-electron chi connectivity index (χ3n) is 5.68. The first-order valence-electron chi connectivity index (χ1n) is 10.4. The van der Waals surface area contributed by atoms with Gasteiger partial charge in [0.05, 0.1) is 24.8 Å². The van der Waals surface area contributed by atoms with Crippen molar-refractivity contribution in [3.63, 3.8) is 0 Å². The molecule has 2 fully saturated rings. The second-order valence-corrected chi connectivity index (χ2v) is 7.58. The number of amides is 1. The number of carbonyl (C=O) groups is 2. The molecule has 2 aliphatic rings. The lowest BCUT2D eigenvalue weighted by molar-refractivity contribution is -0.140. The predicted molar refractivity (Wildman–Crippen MR) is 114 cm³/mol. The van der Waals surface area contributed by atoms with Gasteiger partial charge in [-0.3, -0.25) is 14.5 Å². The van der Waals surface area contributed by atoms with E-state index in [2.05, 4.69) is 4.90 Å². The van der Waals surface area contributed by atoms with Crippen LogP contribution in [0.25, 0.3) is 5.76 Å². The Balaban J connectivity index is 1.63. The van der Waals surface area contributed by atoms with Gasteiger partial charge in [-0.15, -0.1) is 0 Å². The third kappa shape index (κ3) is 4.15. The Kier molecular flexibility index (Phi) is 6.26. The maximum absolute atomic E-state index is 12.9. The highest BCUT2D eigenvalue weighted by Crippen LogP contribution is 2.39. The van der Waals surface area contributed by atoms with Crippen LogP contribution in [0.4, 0.5) is 0 Å². The van der Waals surface area contributed by atoms with E-state index in [1.54, 1.807) is 29.2 Å². The Morgan fingerprint density at radius 2 is 1.57 bits per heavy atom. The molecular formula is C24H26N2O4. The molecule has 4 rings (SSSR count). The Morgan fingerprint density at radius 1 is 0.933 bits per heavy atom. The molecule has 0 bridgehead atoms. The van der Waals surface area contributed by atoms with Gasteiger partial charge < -0.3 is 14.7 Å². The number of carbonyl (C=O) groups excluding carboxylic acids is 2. The Hall–Kier alpha value is -2.96. The summed E-state index contributed by atoms with van der Waals surface area (Å²) in [5.41, 5.74) is 1.51. The molecule has 2 aliphatic heterocycles. The van der Waals surface area contributed by atoms with Gasteiger partial charge in [-0.1, -0.05) is 60.7 Å². The van der Waals surface area contributed by atoms with E-state index in [0.717, 1.165) is 44.8 Å². The fourth-order valence-electron chi connectivity index (χ4n) is 4.13. The zero-order valence-corrected chi connectivity index (χ0v) is 16.9. The van der Waals surface area contributed by atoms with Crippen molar-refractivity contribution in [2.24, 2.45) is 0 Å². The molecule has 1 atom stereocenters. The number of ether oxygens (including phenoxy) is 1. The van der Waals surface area contributed by atoms with E-state index in [9.17, 15) is 14.7 Å². The minimum absolute atomic E-state index is 0.126. The Bertz CT molecular complexity index is 921. The summed E-state index contributed by atoms with van der Waals surface area (Å²) in [6.45, 7) is 4.51. The molecule has 0 radical (unpaired) electrons. The van der Waals surface area contributed by atoms with E-state index in [-0.39, 0.29) is 11.3 Å². The van der Waals surface area contributed by atoms with Crippen molar-refractivity contribution < 1.29 is 19.4 Å². The predicted octanol–water partition coefficient (Wildman–Crippen LogP) is 2.83. The van der Waals surface area contributed by atoms with E-state index in [1.165, 1.54) is 0 Å². The zero-order chi connectivity index (χ0) is 20.9. The van der Waals surface area contributed by atoms with Crippen LogP contribution in [0.5, 0.6) is 0 Å². The van der Waals surface area contributed by atoms with E-state index in [0.29, 0.717) is 12.1 Å². The number of likely N-dealkylation sites (tertiary alicyclic amines) is 1. The fraction of sp³-hybridized carbons (Fsp3) is 0.333. The van der Waals surface area contributed by atoms with E-state index >= 15 is 0 Å². The van der Waals surface area contributed by atoms with Gasteiger partial charge in [0.2, 0.25) is 0 Å². The lowest BCUT2D eigenvalue weighted by atomic mass is 9.95. The summed E-state index contributed by atoms with van der Waals surface area (Å²) in [6, 6.07) is 17.8. The van der Waals surface area contributed by atoms with Crippen molar-refractivity contribution in [1.82, 2.24) is 9.80 Å². The maximum atomic E-state index is 12.9. The van der Waals surface area contributed by atoms with E-state index in [1.807, 2.05) is 36.4 Å². The van der Waals surface area contributed by atoms with Crippen molar-refractivity contribution in [1.29, 1.82) is 0 Å². The lowest BCUT2D eigenvalue weighted by Crippen LogP contribution is -2.38. The van der Waals surface area contributed by atoms with Gasteiger partial charge in [0.15, 0.2) is 0 Å². The molecule has 0 unspecified atom stereocenters. The molecule has 1 amide bonds. The maximum Gasteiger partial charge on any atom is 0.295 e. The van der Waals surface area contributed by atoms with Crippen LogP contribution in [0.15, 0.2) is 66.2 Å². The highest BCUT2D eigenvalue weighted by molar-refractivity contribution is 6.46. The quantitative estimate of drug-likeness (QED) is 0.454. The van der Waals surface area contributed by atoms with Crippen LogP contribution in [0.1, 0.15) is 23.6 Å². The summed E-state index contributed by atoms with van der Waals surface area (Å²) in [5, 5.41) is 10.9. The molecule has 0 saturated carbocycles. The van der Waals surface area contributed by atoms with Gasteiger partial charge in [0.1, 0.15) is 5.76 Å². The zero-order valence-electron chi connectivity index (χ0n) is 16.9. The molecule has 0 aliphatic carbocycles. The molecular weight excluding hydrogens is 380 g/mol. The first-order chi connectivity index (χ1) is 14.7. The second kappa shape index (κ2) is 9.24. The number of nitrogens with zero attached hydrogens (tertiary/aromatic N) is 2. The first-order valence-corrected chi connectivity index (χ1v) is 10.4. The number of aliphatic hydroxyl groups is 1. The normalized spacial score (nSPS) is 21.9. The van der Waals surface area contributed by atoms with Crippen molar-refractivity contribution >= 4 is 17.4 Å². The molecule has 0 aromatic heterocycles. The molecule has 0 spiro atoms. The van der Waals surface area contributed by atoms with Gasteiger partial charge in [0, 0.05) is 31.7 Å². The van der Waals surface area contributed by atoms with Gasteiger partial charge in [-0.05, 0) is 12.0 Å². The number of ketones is 1. The number of Topliss-reactive ketones (excluding diaryl/α,β-unsaturated/α-hetero) is 1. The Morgan fingerprint density at radius 3 is 2.23 bits per heavy atom. The molecule has 1 N–H and O–H groups in total. The average Bonchev–Trinajstić information content (AvgIpc) is 3.05. The van der Waals surface area contributed by atoms with E-state index in [4.69, 9.17) is 4.74 Å². The van der Waals surface area contributed by atoms with Crippen LogP contribution in [0.3, 0.4) is 0 Å². The van der Waals surface area contributed by atoms with Crippen molar-refractivity contribution in [2.75, 3.05) is 39.4 Å². The smallest absolute Gasteiger partial charge is 0.295 e. The first kappa shape index (κ1) is 20.3. The van der Waals surface area contributed by atoms with Gasteiger partial charge >= 0.3 is 0 Å². The van der Waals surface area contributed by atoms with Crippen LogP contribution in [0.2, 0.25) is 0 Å². The molecule has 6 nitrogen and oxygen atoms in total. The second-order valence-electron chi connectivity index (χ2n) is 7.58. The third-order valence-corrected chi connectivity index (χ3v) is 5.68. The van der Waals surface area contributed by atoms with E-state index < -0.39 is 17.7 Å². The number of morpholine rings is 1. The van der Waals surface area contributed by atoms with Crippen LogP contribution < -0.4 is 0 Å². The molecule has 30 heavy (non-hydrogen) atoms.